The number of aromatic nitrogens is 3. The minimum atomic E-state index is -2.61. The zero-order chi connectivity index (χ0) is 26.2. The van der Waals surface area contributed by atoms with Crippen molar-refractivity contribution in [3.63, 3.8) is 0 Å². The Morgan fingerprint density at radius 2 is 1.97 bits per heavy atom. The van der Waals surface area contributed by atoms with E-state index in [1.165, 1.54) is 7.11 Å². The highest BCUT2D eigenvalue weighted by Crippen LogP contribution is 2.35. The number of halogens is 4. The van der Waals surface area contributed by atoms with E-state index in [-0.39, 0.29) is 31.5 Å². The molecule has 1 fully saturated rings. The van der Waals surface area contributed by atoms with Crippen molar-refractivity contribution in [2.45, 2.75) is 63.5 Å². The SMILES string of the molecule is COc1nc(NC2CCC(F)(F)CC2)nc2[nH]cc(C3=NCC4=C(C=C3)N=C(C)C(NCC(F)F)C4)c12. The van der Waals surface area contributed by atoms with Crippen molar-refractivity contribution in [2.24, 2.45) is 9.98 Å². The number of allylic oxidation sites excluding steroid dienone is 2. The fraction of sp³-hybridized carbons (Fsp3) is 0.520. The molecule has 4 heterocycles. The van der Waals surface area contributed by atoms with Gasteiger partial charge in [-0.15, -0.1) is 0 Å². The van der Waals surface area contributed by atoms with Gasteiger partial charge in [-0.2, -0.15) is 9.97 Å². The highest BCUT2D eigenvalue weighted by atomic mass is 19.3. The third-order valence-corrected chi connectivity index (χ3v) is 6.99. The van der Waals surface area contributed by atoms with E-state index >= 15 is 0 Å². The van der Waals surface area contributed by atoms with Gasteiger partial charge in [0.1, 0.15) is 5.65 Å². The molecule has 1 saturated carbocycles. The van der Waals surface area contributed by atoms with Crippen LogP contribution in [0.1, 0.15) is 44.6 Å². The number of aromatic amines is 1. The van der Waals surface area contributed by atoms with Gasteiger partial charge in [0, 0.05) is 42.4 Å². The van der Waals surface area contributed by atoms with Crippen molar-refractivity contribution in [1.29, 1.82) is 0 Å². The molecule has 3 N–H and O–H groups in total. The van der Waals surface area contributed by atoms with E-state index in [0.717, 1.165) is 22.5 Å². The van der Waals surface area contributed by atoms with Crippen LogP contribution < -0.4 is 15.4 Å². The molecular formula is C25H29F4N7O. The van der Waals surface area contributed by atoms with E-state index in [4.69, 9.17) is 9.73 Å². The van der Waals surface area contributed by atoms with Crippen molar-refractivity contribution < 1.29 is 22.3 Å². The van der Waals surface area contributed by atoms with Crippen LogP contribution in [0.2, 0.25) is 0 Å². The number of aliphatic imine (C=N–C) groups is 2. The topological polar surface area (TPSA) is 99.6 Å². The lowest BCUT2D eigenvalue weighted by Crippen LogP contribution is -2.40. The van der Waals surface area contributed by atoms with Gasteiger partial charge in [0.25, 0.3) is 6.43 Å². The van der Waals surface area contributed by atoms with Crippen LogP contribution >= 0.6 is 0 Å². The monoisotopic (exact) mass is 519 g/mol. The molecule has 2 aromatic heterocycles. The summed E-state index contributed by atoms with van der Waals surface area (Å²) < 4.78 is 58.0. The van der Waals surface area contributed by atoms with Crippen LogP contribution in [0, 0.1) is 0 Å². The minimum absolute atomic E-state index is 0.134. The van der Waals surface area contributed by atoms with Gasteiger partial charge in [-0.3, -0.25) is 9.98 Å². The second-order valence-corrected chi connectivity index (χ2v) is 9.59. The first-order valence-electron chi connectivity index (χ1n) is 12.3. The maximum atomic E-state index is 13.5. The first-order valence-corrected chi connectivity index (χ1v) is 12.3. The maximum Gasteiger partial charge on any atom is 0.250 e. The number of ether oxygens (including phenoxy) is 1. The average molecular weight is 520 g/mol. The molecule has 3 aliphatic rings. The molecule has 37 heavy (non-hydrogen) atoms. The van der Waals surface area contributed by atoms with Gasteiger partial charge in [0.15, 0.2) is 0 Å². The van der Waals surface area contributed by atoms with Crippen molar-refractivity contribution in [2.75, 3.05) is 25.5 Å². The lowest BCUT2D eigenvalue weighted by molar-refractivity contribution is -0.0361. The fourth-order valence-corrected chi connectivity index (χ4v) is 4.95. The first-order chi connectivity index (χ1) is 17.7. The Morgan fingerprint density at radius 3 is 2.70 bits per heavy atom. The van der Waals surface area contributed by atoms with Crippen LogP contribution in [0.25, 0.3) is 11.0 Å². The molecule has 0 radical (unpaired) electrons. The van der Waals surface area contributed by atoms with Gasteiger partial charge in [0.05, 0.1) is 37.0 Å². The van der Waals surface area contributed by atoms with Crippen LogP contribution in [0.5, 0.6) is 5.88 Å². The van der Waals surface area contributed by atoms with E-state index < -0.39 is 12.3 Å². The van der Waals surface area contributed by atoms with Crippen molar-refractivity contribution in [3.8, 4) is 5.88 Å². The second kappa shape index (κ2) is 10.2. The zero-order valence-electron chi connectivity index (χ0n) is 20.6. The molecule has 1 unspecified atom stereocenters. The van der Waals surface area contributed by atoms with E-state index in [1.54, 1.807) is 6.20 Å². The predicted octanol–water partition coefficient (Wildman–Crippen LogP) is 4.66. The quantitative estimate of drug-likeness (QED) is 0.463. The maximum absolute atomic E-state index is 13.5. The average Bonchev–Trinajstić information content (AvgIpc) is 3.18. The number of anilines is 1. The first kappa shape index (κ1) is 25.4. The molecule has 5 rings (SSSR count). The lowest BCUT2D eigenvalue weighted by Gasteiger charge is -2.28. The van der Waals surface area contributed by atoms with E-state index in [0.29, 0.717) is 54.4 Å². The van der Waals surface area contributed by atoms with Crippen LogP contribution in [-0.2, 0) is 0 Å². The molecule has 0 saturated heterocycles. The van der Waals surface area contributed by atoms with Gasteiger partial charge in [0.2, 0.25) is 17.8 Å². The van der Waals surface area contributed by atoms with Crippen LogP contribution in [0.4, 0.5) is 23.5 Å². The molecule has 0 spiro atoms. The van der Waals surface area contributed by atoms with Gasteiger partial charge >= 0.3 is 0 Å². The van der Waals surface area contributed by atoms with E-state index in [9.17, 15) is 17.6 Å². The van der Waals surface area contributed by atoms with Crippen LogP contribution in [0.3, 0.4) is 0 Å². The number of hydrogen-bond acceptors (Lipinski definition) is 7. The Hall–Kier alpha value is -3.28. The molecule has 8 nitrogen and oxygen atoms in total. The van der Waals surface area contributed by atoms with Gasteiger partial charge in [-0.05, 0) is 43.9 Å². The van der Waals surface area contributed by atoms with Crippen molar-refractivity contribution in [1.82, 2.24) is 20.3 Å². The van der Waals surface area contributed by atoms with Crippen molar-refractivity contribution in [3.05, 3.63) is 35.2 Å². The minimum Gasteiger partial charge on any atom is -0.480 e. The standard InChI is InChI=1S/C25H29F4N7O/c1-13-19(31-12-20(26)27)9-14-10-30-18(4-3-17(14)33-13)16-11-32-22-21(16)23(37-2)36-24(35-22)34-15-5-7-25(28,29)8-6-15/h3-4,11,15,19-20,31H,5-10,12H2,1-2H3,(H2,32,34,35,36). The molecular weight excluding hydrogens is 490 g/mol. The number of H-pyrrole nitrogens is 1. The summed E-state index contributed by atoms with van der Waals surface area (Å²) in [5.41, 5.74) is 4.49. The molecule has 0 bridgehead atoms. The summed E-state index contributed by atoms with van der Waals surface area (Å²) in [4.78, 5) is 21.6. The second-order valence-electron chi connectivity index (χ2n) is 9.59. The number of methoxy groups -OCH3 is 1. The number of fused-ring (bicyclic) bond motifs is 1. The predicted molar refractivity (Wildman–Crippen MR) is 134 cm³/mol. The summed E-state index contributed by atoms with van der Waals surface area (Å²) in [5.74, 6) is -1.95. The number of hydrogen-bond donors (Lipinski definition) is 3. The Kier molecular flexibility index (Phi) is 7.02. The summed E-state index contributed by atoms with van der Waals surface area (Å²) in [6, 6.07) is -0.383. The highest BCUT2D eigenvalue weighted by molar-refractivity contribution is 6.17. The number of nitrogens with one attached hydrogen (secondary N) is 3. The highest BCUT2D eigenvalue weighted by Gasteiger charge is 2.35. The molecule has 1 atom stereocenters. The van der Waals surface area contributed by atoms with Crippen LogP contribution in [0.15, 0.2) is 39.6 Å². The largest absolute Gasteiger partial charge is 0.480 e. The summed E-state index contributed by atoms with van der Waals surface area (Å²) in [6.45, 7) is 1.83. The lowest BCUT2D eigenvalue weighted by atomic mass is 9.92. The van der Waals surface area contributed by atoms with Crippen LogP contribution in [-0.4, -0.2) is 71.0 Å². The molecule has 12 heteroatoms. The van der Waals surface area contributed by atoms with E-state index in [1.807, 2.05) is 19.1 Å². The summed E-state index contributed by atoms with van der Waals surface area (Å²) in [7, 11) is 1.51. The Balaban J connectivity index is 1.36. The fourth-order valence-electron chi connectivity index (χ4n) is 4.95. The van der Waals surface area contributed by atoms with Gasteiger partial charge in [-0.25, -0.2) is 17.6 Å². The normalized spacial score (nSPS) is 22.1. The summed E-state index contributed by atoms with van der Waals surface area (Å²) in [6.07, 6.45) is 4.02. The van der Waals surface area contributed by atoms with Gasteiger partial charge < -0.3 is 20.4 Å². The van der Waals surface area contributed by atoms with Gasteiger partial charge in [-0.1, -0.05) is 0 Å². The Bertz CT molecular complexity index is 1290. The summed E-state index contributed by atoms with van der Waals surface area (Å²) in [5, 5.41) is 6.70. The zero-order valence-corrected chi connectivity index (χ0v) is 20.6. The third-order valence-electron chi connectivity index (χ3n) is 6.99. The molecule has 0 amide bonds. The molecule has 1 aliphatic carbocycles. The smallest absolute Gasteiger partial charge is 0.250 e. The third kappa shape index (κ3) is 5.53. The Morgan fingerprint density at radius 1 is 1.19 bits per heavy atom. The number of rotatable bonds is 7. The summed E-state index contributed by atoms with van der Waals surface area (Å²) >= 11 is 0. The number of alkyl halides is 4. The molecule has 0 aromatic carbocycles. The van der Waals surface area contributed by atoms with E-state index in [2.05, 4.69) is 30.6 Å². The Labute approximate surface area is 211 Å². The van der Waals surface area contributed by atoms with Crippen molar-refractivity contribution >= 4 is 28.4 Å². The number of nitrogens with zero attached hydrogens (tertiary/aromatic N) is 4. The molecule has 198 valence electrons. The molecule has 2 aliphatic heterocycles. The molecule has 2 aromatic rings.